The largest absolute Gasteiger partial charge is 0.508 e. The molecule has 1 aromatic carbocycles. The molecule has 1 aromatic heterocycles. The van der Waals surface area contributed by atoms with E-state index >= 15 is 0 Å². The minimum absolute atomic E-state index is 0.00782. The molecule has 2 atom stereocenters. The highest BCUT2D eigenvalue weighted by atomic mass is 16.4. The van der Waals surface area contributed by atoms with E-state index in [4.69, 9.17) is 14.4 Å². The zero-order valence-electron chi connectivity index (χ0n) is 16.8. The maximum absolute atomic E-state index is 12.2. The van der Waals surface area contributed by atoms with Crippen molar-refractivity contribution in [2.45, 2.75) is 58.5 Å². The number of aliphatic imine (C=N–C) groups is 2. The molecule has 2 aromatic rings. The first kappa shape index (κ1) is 20.6. The number of phenolic OH excluding ortho intramolecular Hbond substituents is 2. The molecule has 0 radical (unpaired) electrons. The number of nitrogens with zero attached hydrogens (tertiary/aromatic N) is 2. The third-order valence-electron chi connectivity index (χ3n) is 5.20. The van der Waals surface area contributed by atoms with E-state index in [1.807, 2.05) is 6.92 Å². The van der Waals surface area contributed by atoms with Gasteiger partial charge in [-0.05, 0) is 45.7 Å². The van der Waals surface area contributed by atoms with Crippen LogP contribution in [-0.4, -0.2) is 38.8 Å². The molecular formula is C22H26N2O5. The van der Waals surface area contributed by atoms with Crippen molar-refractivity contribution in [3.05, 3.63) is 51.6 Å². The number of hydrogen-bond donors (Lipinski definition) is 3. The quantitative estimate of drug-likeness (QED) is 0.679. The van der Waals surface area contributed by atoms with Crippen LogP contribution in [0.15, 0.2) is 43.5 Å². The molecule has 1 aliphatic carbocycles. The van der Waals surface area contributed by atoms with Crippen molar-refractivity contribution in [1.29, 1.82) is 0 Å². The SMILES string of the molecule is CC(=NC1CCCCC1N=C(C)c1c(O)cc(C)oc1=O)c1ccc(O)cc1O. The number of phenols is 2. The van der Waals surface area contributed by atoms with Crippen LogP contribution >= 0.6 is 0 Å². The lowest BCUT2D eigenvalue weighted by Crippen LogP contribution is -2.29. The molecule has 0 spiro atoms. The Labute approximate surface area is 169 Å². The first-order chi connectivity index (χ1) is 13.8. The molecule has 2 unspecified atom stereocenters. The minimum Gasteiger partial charge on any atom is -0.508 e. The molecule has 1 saturated carbocycles. The van der Waals surface area contributed by atoms with E-state index < -0.39 is 5.63 Å². The Morgan fingerprint density at radius 1 is 0.966 bits per heavy atom. The smallest absolute Gasteiger partial charge is 0.348 e. The van der Waals surface area contributed by atoms with Gasteiger partial charge in [-0.15, -0.1) is 0 Å². The number of rotatable bonds is 4. The summed E-state index contributed by atoms with van der Waals surface area (Å²) in [5.74, 6) is 0.168. The van der Waals surface area contributed by atoms with Crippen LogP contribution in [0.2, 0.25) is 0 Å². The van der Waals surface area contributed by atoms with E-state index in [0.29, 0.717) is 22.7 Å². The molecule has 1 heterocycles. The number of aryl methyl sites for hydroxylation is 1. The van der Waals surface area contributed by atoms with Gasteiger partial charge in [-0.1, -0.05) is 12.8 Å². The molecular weight excluding hydrogens is 372 g/mol. The Hall–Kier alpha value is -3.09. The summed E-state index contributed by atoms with van der Waals surface area (Å²) in [6.45, 7) is 5.11. The highest BCUT2D eigenvalue weighted by molar-refractivity contribution is 6.02. The van der Waals surface area contributed by atoms with Crippen molar-refractivity contribution in [3.63, 3.8) is 0 Å². The van der Waals surface area contributed by atoms with Crippen LogP contribution in [0.25, 0.3) is 0 Å². The Bertz CT molecular complexity index is 1020. The second-order valence-corrected chi connectivity index (χ2v) is 7.45. The number of hydrogen-bond acceptors (Lipinski definition) is 7. The summed E-state index contributed by atoms with van der Waals surface area (Å²) < 4.78 is 5.10. The van der Waals surface area contributed by atoms with Crippen molar-refractivity contribution >= 4 is 11.4 Å². The fraction of sp³-hybridized carbons (Fsp3) is 0.409. The van der Waals surface area contributed by atoms with Gasteiger partial charge in [0, 0.05) is 23.4 Å². The van der Waals surface area contributed by atoms with Gasteiger partial charge in [0.25, 0.3) is 0 Å². The van der Waals surface area contributed by atoms with Gasteiger partial charge in [-0.2, -0.15) is 0 Å². The Balaban J connectivity index is 1.92. The monoisotopic (exact) mass is 398 g/mol. The lowest BCUT2D eigenvalue weighted by atomic mass is 9.90. The van der Waals surface area contributed by atoms with E-state index in [9.17, 15) is 20.1 Å². The second kappa shape index (κ2) is 8.51. The van der Waals surface area contributed by atoms with E-state index in [1.165, 1.54) is 18.2 Å². The van der Waals surface area contributed by atoms with Gasteiger partial charge in [0.15, 0.2) is 0 Å². The van der Waals surface area contributed by atoms with Crippen LogP contribution in [0.4, 0.5) is 0 Å². The average Bonchev–Trinajstić information content (AvgIpc) is 2.62. The first-order valence-electron chi connectivity index (χ1n) is 9.71. The number of aromatic hydroxyl groups is 3. The average molecular weight is 398 g/mol. The van der Waals surface area contributed by atoms with Gasteiger partial charge in [-0.3, -0.25) is 9.98 Å². The van der Waals surface area contributed by atoms with Crippen LogP contribution in [0.3, 0.4) is 0 Å². The minimum atomic E-state index is -0.607. The van der Waals surface area contributed by atoms with Gasteiger partial charge in [0.05, 0.1) is 17.8 Å². The summed E-state index contributed by atoms with van der Waals surface area (Å²) in [6.07, 6.45) is 3.68. The summed E-state index contributed by atoms with van der Waals surface area (Å²) in [4.78, 5) is 21.7. The second-order valence-electron chi connectivity index (χ2n) is 7.45. The number of benzene rings is 1. The summed E-state index contributed by atoms with van der Waals surface area (Å²) in [7, 11) is 0. The summed E-state index contributed by atoms with van der Waals surface area (Å²) in [5, 5.41) is 29.7. The normalized spacial score (nSPS) is 20.7. The van der Waals surface area contributed by atoms with Crippen molar-refractivity contribution < 1.29 is 19.7 Å². The van der Waals surface area contributed by atoms with Crippen LogP contribution in [0, 0.1) is 6.92 Å². The fourth-order valence-corrected chi connectivity index (χ4v) is 3.78. The van der Waals surface area contributed by atoms with Gasteiger partial charge in [0.2, 0.25) is 0 Å². The fourth-order valence-electron chi connectivity index (χ4n) is 3.78. The molecule has 0 bridgehead atoms. The molecule has 7 heteroatoms. The maximum atomic E-state index is 12.2. The van der Waals surface area contributed by atoms with Crippen LogP contribution < -0.4 is 5.63 Å². The molecule has 154 valence electrons. The Kier molecular flexibility index (Phi) is 6.06. The molecule has 29 heavy (non-hydrogen) atoms. The summed E-state index contributed by atoms with van der Waals surface area (Å²) in [5.41, 5.74) is 1.12. The molecule has 3 N–H and O–H groups in total. The molecule has 1 fully saturated rings. The van der Waals surface area contributed by atoms with Crippen LogP contribution in [0.5, 0.6) is 17.2 Å². The highest BCUT2D eigenvalue weighted by Gasteiger charge is 2.26. The summed E-state index contributed by atoms with van der Waals surface area (Å²) in [6, 6.07) is 5.59. The van der Waals surface area contributed by atoms with Gasteiger partial charge in [0.1, 0.15) is 28.6 Å². The highest BCUT2D eigenvalue weighted by Crippen LogP contribution is 2.28. The van der Waals surface area contributed by atoms with E-state index in [-0.39, 0.29) is 34.9 Å². The van der Waals surface area contributed by atoms with Crippen molar-refractivity contribution in [1.82, 2.24) is 0 Å². The van der Waals surface area contributed by atoms with Gasteiger partial charge in [-0.25, -0.2) is 4.79 Å². The summed E-state index contributed by atoms with van der Waals surface area (Å²) >= 11 is 0. The van der Waals surface area contributed by atoms with Crippen molar-refractivity contribution in [3.8, 4) is 17.2 Å². The van der Waals surface area contributed by atoms with E-state index in [2.05, 4.69) is 0 Å². The van der Waals surface area contributed by atoms with Crippen LogP contribution in [-0.2, 0) is 0 Å². The lowest BCUT2D eigenvalue weighted by molar-refractivity contribution is 0.387. The predicted octanol–water partition coefficient (Wildman–Crippen LogP) is 3.69. The molecule has 0 aliphatic heterocycles. The Morgan fingerprint density at radius 3 is 2.17 bits per heavy atom. The topological polar surface area (TPSA) is 116 Å². The van der Waals surface area contributed by atoms with Crippen LogP contribution in [0.1, 0.15) is 56.4 Å². The van der Waals surface area contributed by atoms with Gasteiger partial charge >= 0.3 is 5.63 Å². The standard InChI is InChI=1S/C22H26N2O5/c1-12-10-20(27)21(22(28)29-12)14(3)24-18-7-5-4-6-17(18)23-13(2)16-9-8-15(25)11-19(16)26/h8-11,17-18,25-27H,4-7H2,1-3H3. The molecule has 3 rings (SSSR count). The van der Waals surface area contributed by atoms with E-state index in [1.54, 1.807) is 19.9 Å². The molecule has 0 saturated heterocycles. The first-order valence-corrected chi connectivity index (χ1v) is 9.71. The van der Waals surface area contributed by atoms with E-state index in [0.717, 1.165) is 25.7 Å². The Morgan fingerprint density at radius 2 is 1.59 bits per heavy atom. The zero-order valence-corrected chi connectivity index (χ0v) is 16.8. The zero-order chi connectivity index (χ0) is 21.1. The van der Waals surface area contributed by atoms with Gasteiger partial charge < -0.3 is 19.7 Å². The van der Waals surface area contributed by atoms with Crippen molar-refractivity contribution in [2.24, 2.45) is 9.98 Å². The third kappa shape index (κ3) is 4.67. The maximum Gasteiger partial charge on any atom is 0.348 e. The predicted molar refractivity (Wildman–Crippen MR) is 112 cm³/mol. The third-order valence-corrected chi connectivity index (χ3v) is 5.20. The molecule has 7 nitrogen and oxygen atoms in total. The molecule has 1 aliphatic rings. The van der Waals surface area contributed by atoms with Crippen molar-refractivity contribution in [2.75, 3.05) is 0 Å². The lowest BCUT2D eigenvalue weighted by Gasteiger charge is -2.27. The molecule has 0 amide bonds.